The van der Waals surface area contributed by atoms with E-state index in [2.05, 4.69) is 30.4 Å². The second kappa shape index (κ2) is 8.13. The van der Waals surface area contributed by atoms with Crippen LogP contribution in [0.5, 0.6) is 5.75 Å². The number of aryl methyl sites for hydroxylation is 1. The molecule has 2 saturated heterocycles. The van der Waals surface area contributed by atoms with E-state index >= 15 is 0 Å². The van der Waals surface area contributed by atoms with Gasteiger partial charge < -0.3 is 15.0 Å². The molecule has 2 aromatic rings. The second-order valence-electron chi connectivity index (χ2n) is 7.69. The minimum Gasteiger partial charge on any atom is -0.490 e. The number of benzene rings is 2. The monoisotopic (exact) mass is 364 g/mol. The summed E-state index contributed by atoms with van der Waals surface area (Å²) in [5.74, 6) is 1.64. The van der Waals surface area contributed by atoms with Crippen molar-refractivity contribution in [1.82, 2.24) is 10.2 Å². The predicted octanol–water partition coefficient (Wildman–Crippen LogP) is 3.76. The van der Waals surface area contributed by atoms with Crippen LogP contribution in [0.3, 0.4) is 0 Å². The molecule has 2 heterocycles. The third-order valence-electron chi connectivity index (χ3n) is 5.78. The van der Waals surface area contributed by atoms with Crippen molar-refractivity contribution in [3.63, 3.8) is 0 Å². The fraction of sp³-hybridized carbons (Fsp3) is 0.435. The summed E-state index contributed by atoms with van der Waals surface area (Å²) < 4.78 is 6.16. The molecule has 4 nitrogen and oxygen atoms in total. The molecular weight excluding hydrogens is 336 g/mol. The van der Waals surface area contributed by atoms with Crippen molar-refractivity contribution in [2.24, 2.45) is 0 Å². The highest BCUT2D eigenvalue weighted by molar-refractivity contribution is 5.94. The maximum atomic E-state index is 13.0. The molecule has 142 valence electrons. The summed E-state index contributed by atoms with van der Waals surface area (Å²) in [4.78, 5) is 14.9. The molecule has 27 heavy (non-hydrogen) atoms. The predicted molar refractivity (Wildman–Crippen MR) is 107 cm³/mol. The number of hydrogen-bond donors (Lipinski definition) is 1. The molecule has 0 aromatic heterocycles. The first-order chi connectivity index (χ1) is 13.2. The molecule has 2 aromatic carbocycles. The van der Waals surface area contributed by atoms with Gasteiger partial charge in [-0.15, -0.1) is 0 Å². The zero-order valence-corrected chi connectivity index (χ0v) is 16.0. The third kappa shape index (κ3) is 4.16. The van der Waals surface area contributed by atoms with Gasteiger partial charge in [-0.2, -0.15) is 0 Å². The SMILES string of the molecule is Cc1ccccc1OC1CCN(C(=O)c2cccc([C@H]3CCNC3)c2)CC1. The topological polar surface area (TPSA) is 41.6 Å². The minimum absolute atomic E-state index is 0.150. The average molecular weight is 364 g/mol. The Morgan fingerprint density at radius 3 is 2.63 bits per heavy atom. The lowest BCUT2D eigenvalue weighted by molar-refractivity contribution is 0.0594. The van der Waals surface area contributed by atoms with Gasteiger partial charge in [0, 0.05) is 38.0 Å². The number of likely N-dealkylation sites (tertiary alicyclic amines) is 1. The number of nitrogens with zero attached hydrogens (tertiary/aromatic N) is 1. The third-order valence-corrected chi connectivity index (χ3v) is 5.78. The fourth-order valence-corrected chi connectivity index (χ4v) is 4.09. The number of piperidine rings is 1. The zero-order valence-electron chi connectivity index (χ0n) is 16.0. The smallest absolute Gasteiger partial charge is 0.253 e. The van der Waals surface area contributed by atoms with Gasteiger partial charge in [0.25, 0.3) is 5.91 Å². The molecule has 4 heteroatoms. The highest BCUT2D eigenvalue weighted by Gasteiger charge is 2.26. The molecule has 1 atom stereocenters. The van der Waals surface area contributed by atoms with E-state index in [1.54, 1.807) is 0 Å². The Morgan fingerprint density at radius 1 is 1.07 bits per heavy atom. The Bertz CT molecular complexity index is 790. The van der Waals surface area contributed by atoms with Crippen molar-refractivity contribution >= 4 is 5.91 Å². The fourth-order valence-electron chi connectivity index (χ4n) is 4.09. The first-order valence-corrected chi connectivity index (χ1v) is 10.0. The van der Waals surface area contributed by atoms with E-state index in [1.165, 1.54) is 5.56 Å². The van der Waals surface area contributed by atoms with Crippen LogP contribution in [-0.4, -0.2) is 43.1 Å². The Hall–Kier alpha value is -2.33. The lowest BCUT2D eigenvalue weighted by atomic mass is 9.96. The number of para-hydroxylation sites is 1. The highest BCUT2D eigenvalue weighted by Crippen LogP contribution is 2.25. The number of nitrogens with one attached hydrogen (secondary N) is 1. The summed E-state index contributed by atoms with van der Waals surface area (Å²) >= 11 is 0. The van der Waals surface area contributed by atoms with Crippen LogP contribution in [0.2, 0.25) is 0 Å². The first-order valence-electron chi connectivity index (χ1n) is 10.0. The standard InChI is InChI=1S/C23H28N2O2/c1-17-5-2-3-8-22(17)27-21-10-13-25(14-11-21)23(26)19-7-4-6-18(15-19)20-9-12-24-16-20/h2-8,15,20-21,24H,9-14,16H2,1H3/t20-/m0/s1. The molecule has 0 radical (unpaired) electrons. The van der Waals surface area contributed by atoms with Crippen LogP contribution in [0.1, 0.15) is 46.7 Å². The molecule has 1 amide bonds. The van der Waals surface area contributed by atoms with Crippen molar-refractivity contribution in [3.05, 3.63) is 65.2 Å². The molecule has 0 aliphatic carbocycles. The number of carbonyl (C=O) groups is 1. The maximum Gasteiger partial charge on any atom is 0.253 e. The number of carbonyl (C=O) groups excluding carboxylic acids is 1. The van der Waals surface area contributed by atoms with Crippen molar-refractivity contribution in [1.29, 1.82) is 0 Å². The van der Waals surface area contributed by atoms with Crippen LogP contribution in [0, 0.1) is 6.92 Å². The van der Waals surface area contributed by atoms with Crippen molar-refractivity contribution in [2.75, 3.05) is 26.2 Å². The number of rotatable bonds is 4. The number of amides is 1. The van der Waals surface area contributed by atoms with E-state index in [1.807, 2.05) is 35.2 Å². The Balaban J connectivity index is 1.36. The summed E-state index contributed by atoms with van der Waals surface area (Å²) in [5.41, 5.74) is 3.26. The molecule has 4 rings (SSSR count). The summed E-state index contributed by atoms with van der Waals surface area (Å²) in [5, 5.41) is 3.40. The summed E-state index contributed by atoms with van der Waals surface area (Å²) in [7, 11) is 0. The van der Waals surface area contributed by atoms with Gasteiger partial charge in [-0.25, -0.2) is 0 Å². The van der Waals surface area contributed by atoms with Gasteiger partial charge in [0.05, 0.1) is 0 Å². The van der Waals surface area contributed by atoms with E-state index < -0.39 is 0 Å². The van der Waals surface area contributed by atoms with Crippen LogP contribution in [0.4, 0.5) is 0 Å². The van der Waals surface area contributed by atoms with Gasteiger partial charge in [-0.1, -0.05) is 30.3 Å². The molecular formula is C23H28N2O2. The normalized spacial score (nSPS) is 20.6. The summed E-state index contributed by atoms with van der Waals surface area (Å²) in [6.45, 7) is 5.66. The Morgan fingerprint density at radius 2 is 1.89 bits per heavy atom. The second-order valence-corrected chi connectivity index (χ2v) is 7.69. The molecule has 2 aliphatic rings. The molecule has 0 bridgehead atoms. The van der Waals surface area contributed by atoms with Gasteiger partial charge in [-0.3, -0.25) is 4.79 Å². The summed E-state index contributed by atoms with van der Waals surface area (Å²) in [6, 6.07) is 16.3. The average Bonchev–Trinajstić information content (AvgIpc) is 3.25. The van der Waals surface area contributed by atoms with E-state index in [0.717, 1.165) is 62.3 Å². The van der Waals surface area contributed by atoms with Crippen LogP contribution >= 0.6 is 0 Å². The zero-order chi connectivity index (χ0) is 18.6. The van der Waals surface area contributed by atoms with Crippen LogP contribution < -0.4 is 10.1 Å². The van der Waals surface area contributed by atoms with Crippen molar-refractivity contribution in [2.45, 2.75) is 38.2 Å². The van der Waals surface area contributed by atoms with Crippen molar-refractivity contribution < 1.29 is 9.53 Å². The van der Waals surface area contributed by atoms with Gasteiger partial charge in [0.1, 0.15) is 11.9 Å². The minimum atomic E-state index is 0.150. The van der Waals surface area contributed by atoms with E-state index in [-0.39, 0.29) is 12.0 Å². The first kappa shape index (κ1) is 18.1. The Labute approximate surface area is 161 Å². The number of ether oxygens (including phenoxy) is 1. The van der Waals surface area contributed by atoms with Crippen LogP contribution in [0.25, 0.3) is 0 Å². The molecule has 0 spiro atoms. The molecule has 2 aliphatic heterocycles. The van der Waals surface area contributed by atoms with Crippen molar-refractivity contribution in [3.8, 4) is 5.75 Å². The maximum absolute atomic E-state index is 13.0. The largest absolute Gasteiger partial charge is 0.490 e. The van der Waals surface area contributed by atoms with Gasteiger partial charge in [0.15, 0.2) is 0 Å². The highest BCUT2D eigenvalue weighted by atomic mass is 16.5. The lowest BCUT2D eigenvalue weighted by Gasteiger charge is -2.32. The van der Waals surface area contributed by atoms with Gasteiger partial charge in [-0.05, 0) is 55.1 Å². The van der Waals surface area contributed by atoms with E-state index in [4.69, 9.17) is 4.74 Å². The molecule has 1 N–H and O–H groups in total. The van der Waals surface area contributed by atoms with Gasteiger partial charge >= 0.3 is 0 Å². The molecule has 2 fully saturated rings. The quantitative estimate of drug-likeness (QED) is 0.898. The molecule has 0 unspecified atom stereocenters. The van der Waals surface area contributed by atoms with E-state index in [9.17, 15) is 4.79 Å². The number of hydrogen-bond acceptors (Lipinski definition) is 3. The van der Waals surface area contributed by atoms with Crippen LogP contribution in [0.15, 0.2) is 48.5 Å². The summed E-state index contributed by atoms with van der Waals surface area (Å²) in [6.07, 6.45) is 3.10. The van der Waals surface area contributed by atoms with E-state index in [0.29, 0.717) is 5.92 Å². The van der Waals surface area contributed by atoms with Gasteiger partial charge in [0.2, 0.25) is 0 Å². The lowest BCUT2D eigenvalue weighted by Crippen LogP contribution is -2.41. The Kier molecular flexibility index (Phi) is 5.44. The van der Waals surface area contributed by atoms with Crippen LogP contribution in [-0.2, 0) is 0 Å². The molecule has 0 saturated carbocycles.